The molecule has 0 aliphatic carbocycles. The van der Waals surface area contributed by atoms with Gasteiger partial charge in [-0.1, -0.05) is 165 Å². The first kappa shape index (κ1) is 53.2. The summed E-state index contributed by atoms with van der Waals surface area (Å²) >= 11 is 0. The zero-order chi connectivity index (χ0) is 42.5. The summed E-state index contributed by atoms with van der Waals surface area (Å²) in [6.45, 7) is 3.68. The molecule has 11 heteroatoms. The molecule has 6 atom stereocenters. The van der Waals surface area contributed by atoms with E-state index in [1.165, 1.54) is 70.6 Å². The van der Waals surface area contributed by atoms with Crippen molar-refractivity contribution in [2.45, 2.75) is 218 Å². The van der Waals surface area contributed by atoms with Crippen LogP contribution in [0.2, 0.25) is 0 Å². The standard InChI is InChI=1S/C47H80O11/c1-3-5-7-9-11-13-15-16-17-18-19-20-21-22-23-24-26-27-29-31-33-35-40(48)55-37-39(38-56-47-44(52)42(50)43(51)45(58-47)46(53)54)57-41(49)36-34-32-30-28-25-14-12-10-8-6-4-2/h5,7,11,13,16-17,19-20,39,42-45,47,50-52H,3-4,6,8-10,12,14-15,18,21-38H2,1-2H3,(H,53,54)/b7-5-,13-11-,17-16-,20-19-. The van der Waals surface area contributed by atoms with Gasteiger partial charge in [0.2, 0.25) is 0 Å². The number of aliphatic carboxylic acids is 1. The minimum Gasteiger partial charge on any atom is -0.479 e. The predicted octanol–water partition coefficient (Wildman–Crippen LogP) is 9.76. The fourth-order valence-electron chi connectivity index (χ4n) is 6.63. The van der Waals surface area contributed by atoms with Crippen LogP contribution in [0.4, 0.5) is 0 Å². The Kier molecular flexibility index (Phi) is 34.1. The number of aliphatic hydroxyl groups excluding tert-OH is 3. The highest BCUT2D eigenvalue weighted by Crippen LogP contribution is 2.23. The van der Waals surface area contributed by atoms with Gasteiger partial charge in [0.05, 0.1) is 6.61 Å². The lowest BCUT2D eigenvalue weighted by Crippen LogP contribution is -2.60. The summed E-state index contributed by atoms with van der Waals surface area (Å²) in [6.07, 6.45) is 34.5. The van der Waals surface area contributed by atoms with Gasteiger partial charge in [-0.05, 0) is 51.4 Å². The second-order valence-corrected chi connectivity index (χ2v) is 15.5. The third-order valence-electron chi connectivity index (χ3n) is 10.2. The summed E-state index contributed by atoms with van der Waals surface area (Å²) in [5.74, 6) is -2.45. The van der Waals surface area contributed by atoms with Crippen molar-refractivity contribution in [2.75, 3.05) is 13.2 Å². The van der Waals surface area contributed by atoms with E-state index in [4.69, 9.17) is 18.9 Å². The lowest BCUT2D eigenvalue weighted by Gasteiger charge is -2.38. The number of ether oxygens (including phenoxy) is 4. The van der Waals surface area contributed by atoms with E-state index < -0.39 is 61.3 Å². The number of carbonyl (C=O) groups excluding carboxylic acids is 2. The van der Waals surface area contributed by atoms with Gasteiger partial charge in [0.25, 0.3) is 0 Å². The number of carboxylic acid groups (broad SMARTS) is 1. The first-order valence-electron chi connectivity index (χ1n) is 22.7. The van der Waals surface area contributed by atoms with Crippen molar-refractivity contribution in [3.63, 3.8) is 0 Å². The maximum atomic E-state index is 12.7. The van der Waals surface area contributed by atoms with Crippen molar-refractivity contribution in [3.05, 3.63) is 48.6 Å². The smallest absolute Gasteiger partial charge is 0.335 e. The number of unbranched alkanes of at least 4 members (excludes halogenated alkanes) is 18. The average Bonchev–Trinajstić information content (AvgIpc) is 3.21. The Morgan fingerprint density at radius 2 is 1.02 bits per heavy atom. The Hall–Kier alpha value is -2.83. The summed E-state index contributed by atoms with van der Waals surface area (Å²) in [5, 5.41) is 39.8. The third kappa shape index (κ3) is 28.6. The van der Waals surface area contributed by atoms with Gasteiger partial charge in [0, 0.05) is 12.8 Å². The molecule has 0 aromatic carbocycles. The van der Waals surface area contributed by atoms with E-state index in [9.17, 15) is 34.8 Å². The van der Waals surface area contributed by atoms with Crippen LogP contribution in [0.3, 0.4) is 0 Å². The quantitative estimate of drug-likeness (QED) is 0.0267. The lowest BCUT2D eigenvalue weighted by atomic mass is 9.99. The minimum absolute atomic E-state index is 0.182. The second kappa shape index (κ2) is 37.2. The summed E-state index contributed by atoms with van der Waals surface area (Å²) < 4.78 is 21.7. The maximum Gasteiger partial charge on any atom is 0.335 e. The molecule has 0 radical (unpaired) electrons. The molecule has 1 rings (SSSR count). The van der Waals surface area contributed by atoms with Gasteiger partial charge < -0.3 is 39.4 Å². The molecule has 0 spiro atoms. The Bertz CT molecular complexity index is 1150. The molecule has 334 valence electrons. The molecule has 11 nitrogen and oxygen atoms in total. The number of esters is 2. The van der Waals surface area contributed by atoms with Crippen molar-refractivity contribution >= 4 is 17.9 Å². The largest absolute Gasteiger partial charge is 0.479 e. The molecule has 4 N–H and O–H groups in total. The minimum atomic E-state index is -1.86. The van der Waals surface area contributed by atoms with Crippen molar-refractivity contribution in [1.29, 1.82) is 0 Å². The molecule has 6 unspecified atom stereocenters. The van der Waals surface area contributed by atoms with E-state index >= 15 is 0 Å². The summed E-state index contributed by atoms with van der Waals surface area (Å²) in [6, 6.07) is 0. The zero-order valence-electron chi connectivity index (χ0n) is 36.0. The lowest BCUT2D eigenvalue weighted by molar-refractivity contribution is -0.298. The highest BCUT2D eigenvalue weighted by Gasteiger charge is 2.47. The molecule has 58 heavy (non-hydrogen) atoms. The van der Waals surface area contributed by atoms with Gasteiger partial charge >= 0.3 is 17.9 Å². The Morgan fingerprint density at radius 3 is 1.53 bits per heavy atom. The molecule has 0 aromatic rings. The highest BCUT2D eigenvalue weighted by atomic mass is 16.7. The number of carbonyl (C=O) groups is 3. The van der Waals surface area contributed by atoms with Crippen molar-refractivity contribution in [1.82, 2.24) is 0 Å². The van der Waals surface area contributed by atoms with Crippen LogP contribution < -0.4 is 0 Å². The molecule has 1 aliphatic heterocycles. The van der Waals surface area contributed by atoms with Crippen LogP contribution in [0.15, 0.2) is 48.6 Å². The first-order valence-corrected chi connectivity index (χ1v) is 22.7. The number of carboxylic acids is 1. The Labute approximate surface area is 350 Å². The van der Waals surface area contributed by atoms with E-state index in [0.29, 0.717) is 12.8 Å². The van der Waals surface area contributed by atoms with Gasteiger partial charge in [-0.25, -0.2) is 4.79 Å². The normalized spacial score (nSPS) is 20.5. The highest BCUT2D eigenvalue weighted by molar-refractivity contribution is 5.73. The molecule has 0 aromatic heterocycles. The Morgan fingerprint density at radius 1 is 0.552 bits per heavy atom. The molecular weight excluding hydrogens is 741 g/mol. The predicted molar refractivity (Wildman–Crippen MR) is 229 cm³/mol. The Balaban J connectivity index is 2.32. The van der Waals surface area contributed by atoms with Crippen LogP contribution in [0.1, 0.15) is 181 Å². The number of aliphatic hydroxyl groups is 3. The van der Waals surface area contributed by atoms with Crippen LogP contribution in [0, 0.1) is 0 Å². The van der Waals surface area contributed by atoms with E-state index in [1.807, 2.05) is 0 Å². The monoisotopic (exact) mass is 821 g/mol. The molecule has 1 fully saturated rings. The molecule has 0 amide bonds. The molecular formula is C47H80O11. The molecule has 0 bridgehead atoms. The van der Waals surface area contributed by atoms with Gasteiger partial charge in [-0.2, -0.15) is 0 Å². The van der Waals surface area contributed by atoms with Crippen molar-refractivity contribution in [3.8, 4) is 0 Å². The van der Waals surface area contributed by atoms with Crippen LogP contribution >= 0.6 is 0 Å². The zero-order valence-corrected chi connectivity index (χ0v) is 36.0. The van der Waals surface area contributed by atoms with Crippen LogP contribution in [0.5, 0.6) is 0 Å². The van der Waals surface area contributed by atoms with Crippen LogP contribution in [-0.4, -0.2) is 88.4 Å². The van der Waals surface area contributed by atoms with Crippen molar-refractivity contribution < 1.29 is 53.8 Å². The summed E-state index contributed by atoms with van der Waals surface area (Å²) in [4.78, 5) is 36.8. The van der Waals surface area contributed by atoms with E-state index in [2.05, 4.69) is 62.5 Å². The van der Waals surface area contributed by atoms with E-state index in [0.717, 1.165) is 70.6 Å². The molecule has 1 heterocycles. The topological polar surface area (TPSA) is 169 Å². The molecule has 1 aliphatic rings. The fraction of sp³-hybridized carbons (Fsp3) is 0.766. The average molecular weight is 821 g/mol. The summed E-state index contributed by atoms with van der Waals surface area (Å²) in [5.41, 5.74) is 0. The number of hydrogen-bond donors (Lipinski definition) is 4. The van der Waals surface area contributed by atoms with Crippen LogP contribution in [0.25, 0.3) is 0 Å². The molecule has 1 saturated heterocycles. The third-order valence-corrected chi connectivity index (χ3v) is 10.2. The number of allylic oxidation sites excluding steroid dienone is 8. The fourth-order valence-corrected chi connectivity index (χ4v) is 6.63. The van der Waals surface area contributed by atoms with E-state index in [-0.39, 0.29) is 19.4 Å². The van der Waals surface area contributed by atoms with Crippen LogP contribution in [-0.2, 0) is 33.3 Å². The molecule has 0 saturated carbocycles. The first-order chi connectivity index (χ1) is 28.2. The number of hydrogen-bond acceptors (Lipinski definition) is 10. The summed E-state index contributed by atoms with van der Waals surface area (Å²) in [7, 11) is 0. The van der Waals surface area contributed by atoms with Gasteiger partial charge in [0.1, 0.15) is 24.9 Å². The maximum absolute atomic E-state index is 12.7. The van der Waals surface area contributed by atoms with Gasteiger partial charge in [0.15, 0.2) is 18.5 Å². The van der Waals surface area contributed by atoms with E-state index in [1.54, 1.807) is 0 Å². The number of rotatable bonds is 37. The van der Waals surface area contributed by atoms with Crippen molar-refractivity contribution in [2.24, 2.45) is 0 Å². The second-order valence-electron chi connectivity index (χ2n) is 15.5. The SMILES string of the molecule is CC/C=C\C/C=C\C/C=C\C/C=C\CCCCCCCCCCC(=O)OCC(COC1OC(C(=O)O)C(O)C(O)C1O)OC(=O)CCCCCCCCCCCCC. The van der Waals surface area contributed by atoms with Gasteiger partial charge in [-0.15, -0.1) is 0 Å². The van der Waals surface area contributed by atoms with Gasteiger partial charge in [-0.3, -0.25) is 9.59 Å².